The van der Waals surface area contributed by atoms with Crippen molar-refractivity contribution in [2.24, 2.45) is 14.1 Å². The van der Waals surface area contributed by atoms with Crippen LogP contribution in [0.25, 0.3) is 67.1 Å². The molecular weight excluding hydrogens is 552 g/mol. The molecule has 0 fully saturated rings. The highest BCUT2D eigenvalue weighted by Crippen LogP contribution is 2.42. The SMILES string of the molecule is Cn1c(-c2ccc(-c3ccccc3)c(Oc3cc(-c4nc5ccccc5n4C)ccc3-c3ccccc3)c2)nc2ccccc21. The lowest BCUT2D eigenvalue weighted by Crippen LogP contribution is -1.97. The topological polar surface area (TPSA) is 44.9 Å². The van der Waals surface area contributed by atoms with E-state index >= 15 is 0 Å². The second kappa shape index (κ2) is 11.0. The van der Waals surface area contributed by atoms with E-state index in [1.807, 2.05) is 48.5 Å². The number of fused-ring (bicyclic) bond motifs is 2. The summed E-state index contributed by atoms with van der Waals surface area (Å²) in [6.07, 6.45) is 0. The fourth-order valence-corrected chi connectivity index (χ4v) is 6.13. The lowest BCUT2D eigenvalue weighted by Gasteiger charge is -2.17. The molecule has 0 N–H and O–H groups in total. The maximum absolute atomic E-state index is 7.03. The van der Waals surface area contributed by atoms with Gasteiger partial charge in [-0.05, 0) is 59.7 Å². The monoisotopic (exact) mass is 582 g/mol. The molecule has 0 unspecified atom stereocenters. The first kappa shape index (κ1) is 26.7. The Morgan fingerprint density at radius 3 is 1.24 bits per heavy atom. The molecule has 45 heavy (non-hydrogen) atoms. The molecule has 8 rings (SSSR count). The van der Waals surface area contributed by atoms with Crippen LogP contribution >= 0.6 is 0 Å². The molecule has 0 aliphatic rings. The Labute approximate surface area is 261 Å². The van der Waals surface area contributed by atoms with Crippen molar-refractivity contribution in [2.45, 2.75) is 0 Å². The average molecular weight is 583 g/mol. The van der Waals surface area contributed by atoms with Crippen LogP contribution in [0.15, 0.2) is 146 Å². The van der Waals surface area contributed by atoms with Gasteiger partial charge in [0.25, 0.3) is 0 Å². The van der Waals surface area contributed by atoms with Crippen molar-refractivity contribution in [2.75, 3.05) is 0 Å². The first-order valence-electron chi connectivity index (χ1n) is 15.0. The van der Waals surface area contributed by atoms with Gasteiger partial charge in [0, 0.05) is 36.3 Å². The molecule has 5 heteroatoms. The molecule has 216 valence electrons. The van der Waals surface area contributed by atoms with E-state index in [2.05, 4.69) is 120 Å². The third-order valence-electron chi connectivity index (χ3n) is 8.44. The van der Waals surface area contributed by atoms with E-state index < -0.39 is 0 Å². The highest BCUT2D eigenvalue weighted by molar-refractivity contribution is 5.84. The number of benzene rings is 6. The number of hydrogen-bond donors (Lipinski definition) is 0. The van der Waals surface area contributed by atoms with E-state index in [4.69, 9.17) is 14.7 Å². The van der Waals surface area contributed by atoms with Crippen molar-refractivity contribution in [1.29, 1.82) is 0 Å². The number of ether oxygens (including phenoxy) is 1. The normalized spacial score (nSPS) is 11.3. The Morgan fingerprint density at radius 2 is 0.822 bits per heavy atom. The van der Waals surface area contributed by atoms with E-state index in [0.29, 0.717) is 0 Å². The van der Waals surface area contributed by atoms with Gasteiger partial charge < -0.3 is 13.9 Å². The van der Waals surface area contributed by atoms with Crippen molar-refractivity contribution in [3.05, 3.63) is 146 Å². The second-order valence-corrected chi connectivity index (χ2v) is 11.2. The van der Waals surface area contributed by atoms with Crippen LogP contribution in [0.3, 0.4) is 0 Å². The highest BCUT2D eigenvalue weighted by atomic mass is 16.5. The zero-order valence-corrected chi connectivity index (χ0v) is 25.1. The number of rotatable bonds is 6. The second-order valence-electron chi connectivity index (χ2n) is 11.2. The molecule has 6 aromatic carbocycles. The van der Waals surface area contributed by atoms with Crippen molar-refractivity contribution in [1.82, 2.24) is 19.1 Å². The van der Waals surface area contributed by atoms with Crippen LogP contribution in [0, 0.1) is 0 Å². The minimum absolute atomic E-state index is 0.755. The largest absolute Gasteiger partial charge is 0.456 e. The van der Waals surface area contributed by atoms with Gasteiger partial charge >= 0.3 is 0 Å². The first-order valence-corrected chi connectivity index (χ1v) is 15.0. The molecule has 0 spiro atoms. The van der Waals surface area contributed by atoms with Crippen LogP contribution in [-0.4, -0.2) is 19.1 Å². The van der Waals surface area contributed by atoms with Crippen molar-refractivity contribution >= 4 is 22.1 Å². The minimum Gasteiger partial charge on any atom is -0.456 e. The molecule has 0 amide bonds. The minimum atomic E-state index is 0.755. The molecule has 5 nitrogen and oxygen atoms in total. The highest BCUT2D eigenvalue weighted by Gasteiger charge is 2.18. The van der Waals surface area contributed by atoms with Gasteiger partial charge in [-0.25, -0.2) is 9.97 Å². The standard InChI is InChI=1S/C40H30N4O/c1-43-35-19-11-9-17-33(35)41-39(43)29-21-23-31(27-13-5-3-6-14-27)37(25-29)45-38-26-30(22-24-32(38)28-15-7-4-8-16-28)40-42-34-18-10-12-20-36(34)44(40)2/h3-26H,1-2H3. The molecule has 0 atom stereocenters. The van der Waals surface area contributed by atoms with Crippen LogP contribution in [0.4, 0.5) is 0 Å². The zero-order chi connectivity index (χ0) is 30.3. The number of imidazole rings is 2. The van der Waals surface area contributed by atoms with E-state index in [0.717, 1.165) is 78.6 Å². The van der Waals surface area contributed by atoms with Gasteiger partial charge in [0.15, 0.2) is 0 Å². The van der Waals surface area contributed by atoms with Crippen LogP contribution in [0.5, 0.6) is 11.5 Å². The molecule has 0 saturated heterocycles. The fourth-order valence-electron chi connectivity index (χ4n) is 6.13. The van der Waals surface area contributed by atoms with Gasteiger partial charge in [0.05, 0.1) is 22.1 Å². The first-order chi connectivity index (χ1) is 22.1. The van der Waals surface area contributed by atoms with Gasteiger partial charge in [-0.1, -0.05) is 97.1 Å². The maximum Gasteiger partial charge on any atom is 0.140 e. The number of nitrogens with zero attached hydrogens (tertiary/aromatic N) is 4. The lowest BCUT2D eigenvalue weighted by molar-refractivity contribution is 0.486. The van der Waals surface area contributed by atoms with Crippen LogP contribution in [0.1, 0.15) is 0 Å². The van der Waals surface area contributed by atoms with Gasteiger partial charge in [-0.15, -0.1) is 0 Å². The van der Waals surface area contributed by atoms with Gasteiger partial charge in [-0.2, -0.15) is 0 Å². The van der Waals surface area contributed by atoms with E-state index in [9.17, 15) is 0 Å². The molecule has 0 radical (unpaired) electrons. The Bertz CT molecular complexity index is 2150. The summed E-state index contributed by atoms with van der Waals surface area (Å²) in [7, 11) is 4.12. The number of aryl methyl sites for hydroxylation is 2. The summed E-state index contributed by atoms with van der Waals surface area (Å²) in [5, 5.41) is 0. The lowest BCUT2D eigenvalue weighted by atomic mass is 10.0. The van der Waals surface area contributed by atoms with Crippen LogP contribution in [0.2, 0.25) is 0 Å². The number of hydrogen-bond acceptors (Lipinski definition) is 3. The molecular formula is C40H30N4O. The summed E-state index contributed by atoms with van der Waals surface area (Å²) in [5.74, 6) is 3.28. The van der Waals surface area contributed by atoms with Crippen LogP contribution < -0.4 is 4.74 Å². The van der Waals surface area contributed by atoms with Gasteiger partial charge in [0.2, 0.25) is 0 Å². The van der Waals surface area contributed by atoms with Gasteiger partial charge in [0.1, 0.15) is 23.1 Å². The summed E-state index contributed by atoms with van der Waals surface area (Å²) in [6, 6.07) is 49.9. The summed E-state index contributed by atoms with van der Waals surface area (Å²) in [5.41, 5.74) is 10.2. The molecule has 0 aliphatic carbocycles. The fraction of sp³-hybridized carbons (Fsp3) is 0.0500. The Kier molecular flexibility index (Phi) is 6.50. The zero-order valence-electron chi connectivity index (χ0n) is 25.1. The molecule has 0 aliphatic heterocycles. The summed E-state index contributed by atoms with van der Waals surface area (Å²) < 4.78 is 11.3. The molecule has 2 heterocycles. The Balaban J connectivity index is 1.31. The maximum atomic E-state index is 7.03. The van der Waals surface area contributed by atoms with E-state index in [-0.39, 0.29) is 0 Å². The molecule has 0 bridgehead atoms. The molecule has 8 aromatic rings. The summed E-state index contributed by atoms with van der Waals surface area (Å²) >= 11 is 0. The predicted octanol–water partition coefficient (Wildman–Crippen LogP) is 9.92. The van der Waals surface area contributed by atoms with Crippen molar-refractivity contribution in [3.8, 4) is 56.5 Å². The number of para-hydroxylation sites is 4. The number of aromatic nitrogens is 4. The molecule has 0 saturated carbocycles. The van der Waals surface area contributed by atoms with Crippen molar-refractivity contribution in [3.63, 3.8) is 0 Å². The third-order valence-corrected chi connectivity index (χ3v) is 8.44. The molecule has 2 aromatic heterocycles. The van der Waals surface area contributed by atoms with E-state index in [1.165, 1.54) is 0 Å². The van der Waals surface area contributed by atoms with Gasteiger partial charge in [-0.3, -0.25) is 0 Å². The predicted molar refractivity (Wildman–Crippen MR) is 183 cm³/mol. The quantitative estimate of drug-likeness (QED) is 0.196. The smallest absolute Gasteiger partial charge is 0.140 e. The summed E-state index contributed by atoms with van der Waals surface area (Å²) in [6.45, 7) is 0. The Morgan fingerprint density at radius 1 is 0.422 bits per heavy atom. The average Bonchev–Trinajstić information content (AvgIpc) is 3.62. The van der Waals surface area contributed by atoms with Crippen LogP contribution in [-0.2, 0) is 14.1 Å². The van der Waals surface area contributed by atoms with Crippen molar-refractivity contribution < 1.29 is 4.74 Å². The Hall–Kier alpha value is -5.94. The third kappa shape index (κ3) is 4.75. The van der Waals surface area contributed by atoms with E-state index in [1.54, 1.807) is 0 Å². The summed E-state index contributed by atoms with van der Waals surface area (Å²) in [4.78, 5) is 9.96.